The molecular formula is C19H16O5. The van der Waals surface area contributed by atoms with Gasteiger partial charge >= 0.3 is 5.97 Å². The predicted molar refractivity (Wildman–Crippen MR) is 88.0 cm³/mol. The van der Waals surface area contributed by atoms with Crippen LogP contribution in [0.4, 0.5) is 0 Å². The lowest BCUT2D eigenvalue weighted by molar-refractivity contribution is -0.151. The third kappa shape index (κ3) is 2.80. The lowest BCUT2D eigenvalue weighted by atomic mass is 9.95. The third-order valence-electron chi connectivity index (χ3n) is 3.86. The van der Waals surface area contributed by atoms with E-state index in [1.807, 2.05) is 31.2 Å². The fourth-order valence-electron chi connectivity index (χ4n) is 2.73. The molecule has 3 rings (SSSR count). The van der Waals surface area contributed by atoms with Gasteiger partial charge in [0.05, 0.1) is 0 Å². The molecule has 1 unspecified atom stereocenters. The van der Waals surface area contributed by atoms with Crippen molar-refractivity contribution >= 4 is 34.6 Å². The highest BCUT2D eigenvalue weighted by Crippen LogP contribution is 2.27. The zero-order chi connectivity index (χ0) is 17.3. The van der Waals surface area contributed by atoms with Crippen molar-refractivity contribution in [3.05, 3.63) is 53.5 Å². The van der Waals surface area contributed by atoms with Gasteiger partial charge in [-0.2, -0.15) is 0 Å². The number of furan rings is 1. The van der Waals surface area contributed by atoms with Gasteiger partial charge in [-0.05, 0) is 25.1 Å². The van der Waals surface area contributed by atoms with Gasteiger partial charge < -0.3 is 9.15 Å². The Kier molecular flexibility index (Phi) is 4.16. The highest BCUT2D eigenvalue weighted by molar-refractivity contribution is 6.25. The Morgan fingerprint density at radius 1 is 1.25 bits per heavy atom. The molecule has 0 N–H and O–H groups in total. The highest BCUT2D eigenvalue weighted by Gasteiger charge is 2.36. The van der Waals surface area contributed by atoms with Crippen molar-refractivity contribution in [3.8, 4) is 0 Å². The van der Waals surface area contributed by atoms with Crippen molar-refractivity contribution in [2.45, 2.75) is 20.3 Å². The molecule has 1 aromatic heterocycles. The van der Waals surface area contributed by atoms with E-state index in [2.05, 4.69) is 0 Å². The SMILES string of the molecule is CCc1oc2ccccc2c1C=CC(=O)C1C(=O)C=C(C)OC1=O. The Balaban J connectivity index is 1.93. The van der Waals surface area contributed by atoms with Gasteiger partial charge in [-0.1, -0.05) is 25.1 Å². The number of allylic oxidation sites excluding steroid dienone is 3. The van der Waals surface area contributed by atoms with Crippen molar-refractivity contribution in [3.63, 3.8) is 0 Å². The number of ether oxygens (including phenoxy) is 1. The minimum absolute atomic E-state index is 0.201. The second-order valence-corrected chi connectivity index (χ2v) is 5.54. The number of hydrogen-bond donors (Lipinski definition) is 0. The first-order valence-corrected chi connectivity index (χ1v) is 7.67. The van der Waals surface area contributed by atoms with Gasteiger partial charge in [0.25, 0.3) is 0 Å². The standard InChI is InChI=1S/C19H16O5/c1-3-16-13(12-6-4-5-7-17(12)24-16)8-9-14(20)18-15(21)10-11(2)23-19(18)22/h4-10,18H,3H2,1-2H3. The molecule has 2 aromatic rings. The van der Waals surface area contributed by atoms with Crippen LogP contribution in [0.3, 0.4) is 0 Å². The molecule has 5 heteroatoms. The lowest BCUT2D eigenvalue weighted by Crippen LogP contribution is -2.34. The van der Waals surface area contributed by atoms with Crippen LogP contribution in [-0.4, -0.2) is 17.5 Å². The molecule has 1 aliphatic heterocycles. The summed E-state index contributed by atoms with van der Waals surface area (Å²) in [5.41, 5.74) is 1.51. The molecule has 5 nitrogen and oxygen atoms in total. The predicted octanol–water partition coefficient (Wildman–Crippen LogP) is 3.22. The zero-order valence-corrected chi connectivity index (χ0v) is 13.4. The van der Waals surface area contributed by atoms with Gasteiger partial charge in [0.15, 0.2) is 17.5 Å². The molecule has 0 amide bonds. The molecule has 1 aromatic carbocycles. The van der Waals surface area contributed by atoms with E-state index in [1.165, 1.54) is 19.1 Å². The number of hydrogen-bond acceptors (Lipinski definition) is 5. The normalized spacial score (nSPS) is 18.1. The fourth-order valence-corrected chi connectivity index (χ4v) is 2.73. The van der Waals surface area contributed by atoms with Crippen molar-refractivity contribution < 1.29 is 23.5 Å². The Bertz CT molecular complexity index is 898. The van der Waals surface area contributed by atoms with Crippen LogP contribution in [0.1, 0.15) is 25.2 Å². The Hall–Kier alpha value is -2.95. The van der Waals surface area contributed by atoms with Crippen molar-refractivity contribution in [1.82, 2.24) is 0 Å². The average Bonchev–Trinajstić information content (AvgIpc) is 2.89. The zero-order valence-electron chi connectivity index (χ0n) is 13.4. The number of carbonyl (C=O) groups excluding carboxylic acids is 3. The van der Waals surface area contributed by atoms with Gasteiger partial charge in [-0.25, -0.2) is 0 Å². The van der Waals surface area contributed by atoms with Crippen LogP contribution in [0.25, 0.3) is 17.0 Å². The molecule has 0 saturated heterocycles. The number of para-hydroxylation sites is 1. The summed E-state index contributed by atoms with van der Waals surface area (Å²) in [6.45, 7) is 3.45. The number of ketones is 2. The van der Waals surface area contributed by atoms with Crippen LogP contribution < -0.4 is 0 Å². The van der Waals surface area contributed by atoms with Crippen LogP contribution in [-0.2, 0) is 25.5 Å². The number of carbonyl (C=O) groups is 3. The smallest absolute Gasteiger partial charge is 0.329 e. The summed E-state index contributed by atoms with van der Waals surface area (Å²) >= 11 is 0. The lowest BCUT2D eigenvalue weighted by Gasteiger charge is -2.15. The molecule has 0 spiro atoms. The number of aryl methyl sites for hydroxylation is 1. The molecule has 0 bridgehead atoms. The molecule has 0 fully saturated rings. The monoisotopic (exact) mass is 324 g/mol. The Morgan fingerprint density at radius 3 is 2.71 bits per heavy atom. The molecule has 0 aliphatic carbocycles. The summed E-state index contributed by atoms with van der Waals surface area (Å²) in [6, 6.07) is 7.50. The van der Waals surface area contributed by atoms with E-state index in [0.29, 0.717) is 6.42 Å². The van der Waals surface area contributed by atoms with Gasteiger partial charge in [-0.15, -0.1) is 0 Å². The summed E-state index contributed by atoms with van der Waals surface area (Å²) in [5.74, 6) is -2.46. The summed E-state index contributed by atoms with van der Waals surface area (Å²) < 4.78 is 10.6. The third-order valence-corrected chi connectivity index (χ3v) is 3.86. The number of benzene rings is 1. The van der Waals surface area contributed by atoms with Crippen LogP contribution in [0.5, 0.6) is 0 Å². The van der Waals surface area contributed by atoms with Gasteiger partial charge in [0.1, 0.15) is 17.1 Å². The van der Waals surface area contributed by atoms with Gasteiger partial charge in [0.2, 0.25) is 0 Å². The van der Waals surface area contributed by atoms with Crippen LogP contribution in [0.2, 0.25) is 0 Å². The van der Waals surface area contributed by atoms with E-state index in [1.54, 1.807) is 6.08 Å². The van der Waals surface area contributed by atoms with E-state index in [0.717, 1.165) is 22.3 Å². The van der Waals surface area contributed by atoms with Crippen LogP contribution in [0, 0.1) is 5.92 Å². The van der Waals surface area contributed by atoms with Gasteiger partial charge in [0, 0.05) is 23.4 Å². The van der Waals surface area contributed by atoms with Gasteiger partial charge in [-0.3, -0.25) is 14.4 Å². The van der Waals surface area contributed by atoms with E-state index in [4.69, 9.17) is 9.15 Å². The molecule has 122 valence electrons. The second-order valence-electron chi connectivity index (χ2n) is 5.54. The first-order valence-electron chi connectivity index (χ1n) is 7.67. The van der Waals surface area contributed by atoms with E-state index < -0.39 is 23.5 Å². The van der Waals surface area contributed by atoms with Crippen LogP contribution >= 0.6 is 0 Å². The number of rotatable bonds is 4. The van der Waals surface area contributed by atoms with E-state index in [9.17, 15) is 14.4 Å². The van der Waals surface area contributed by atoms with E-state index in [-0.39, 0.29) is 5.76 Å². The molecule has 0 saturated carbocycles. The topological polar surface area (TPSA) is 73.6 Å². The largest absolute Gasteiger partial charge is 0.460 e. The Morgan fingerprint density at radius 2 is 2.00 bits per heavy atom. The molecule has 24 heavy (non-hydrogen) atoms. The first kappa shape index (κ1) is 15.9. The second kappa shape index (κ2) is 6.28. The maximum atomic E-state index is 12.3. The molecule has 1 atom stereocenters. The molecule has 2 heterocycles. The fraction of sp³-hybridized carbons (Fsp3) is 0.211. The minimum Gasteiger partial charge on any atom is -0.460 e. The summed E-state index contributed by atoms with van der Waals surface area (Å²) in [5, 5.41) is 0.881. The van der Waals surface area contributed by atoms with Crippen molar-refractivity contribution in [1.29, 1.82) is 0 Å². The molecule has 0 radical (unpaired) electrons. The maximum absolute atomic E-state index is 12.3. The minimum atomic E-state index is -1.42. The number of cyclic esters (lactones) is 1. The quantitative estimate of drug-likeness (QED) is 0.490. The summed E-state index contributed by atoms with van der Waals surface area (Å²) in [4.78, 5) is 36.0. The van der Waals surface area contributed by atoms with E-state index >= 15 is 0 Å². The van der Waals surface area contributed by atoms with Crippen LogP contribution in [0.15, 0.2) is 46.6 Å². The number of fused-ring (bicyclic) bond motifs is 1. The molecule has 1 aliphatic rings. The summed E-state index contributed by atoms with van der Waals surface area (Å²) in [7, 11) is 0. The average molecular weight is 324 g/mol. The number of esters is 1. The van der Waals surface area contributed by atoms with Crippen molar-refractivity contribution in [2.24, 2.45) is 5.92 Å². The first-order chi connectivity index (χ1) is 11.5. The Labute approximate surface area is 138 Å². The summed E-state index contributed by atoms with van der Waals surface area (Å²) in [6.07, 6.45) is 4.67. The highest BCUT2D eigenvalue weighted by atomic mass is 16.5. The maximum Gasteiger partial charge on any atom is 0.329 e. The van der Waals surface area contributed by atoms with Crippen molar-refractivity contribution in [2.75, 3.05) is 0 Å². The molecular weight excluding hydrogens is 308 g/mol.